The molecule has 6 aromatic rings. The van der Waals surface area contributed by atoms with Crippen LogP contribution in [0.1, 0.15) is 18.1 Å². The van der Waals surface area contributed by atoms with Crippen molar-refractivity contribution in [1.82, 2.24) is 30.0 Å². The number of aromatic amines is 2. The Hall–Kier alpha value is -4.36. The van der Waals surface area contributed by atoms with E-state index in [1.54, 1.807) is 18.5 Å². The molecule has 0 aliphatic rings. The van der Waals surface area contributed by atoms with E-state index in [4.69, 9.17) is 5.10 Å². The van der Waals surface area contributed by atoms with Crippen LogP contribution in [-0.4, -0.2) is 44.1 Å². The maximum atomic E-state index is 13.9. The van der Waals surface area contributed by atoms with E-state index in [1.807, 2.05) is 18.5 Å². The SMILES string of the molecule is CCc1cc(-c2cncc(CN(C)C)c2)cc2c(-c3cc4c(-c5cccc(F)c5)cncc4[nH]3)n[nH]c12. The standard InChI is InChI=1S/C30H27FN6/c1-4-19-9-21(22-8-18(13-32-14-22)17-37(2)3)11-25-29(19)35-36-30(25)27-12-24-26(15-33-16-28(24)34-27)20-6-5-7-23(31)10-20/h5-16,34H,4,17H2,1-3H3,(H,35,36). The Kier molecular flexibility index (Phi) is 5.77. The Morgan fingerprint density at radius 2 is 1.73 bits per heavy atom. The van der Waals surface area contributed by atoms with Crippen molar-refractivity contribution in [3.63, 3.8) is 0 Å². The zero-order chi connectivity index (χ0) is 25.5. The predicted octanol–water partition coefficient (Wildman–Crippen LogP) is 6.60. The molecule has 4 aromatic heterocycles. The maximum Gasteiger partial charge on any atom is 0.123 e. The Labute approximate surface area is 214 Å². The first-order chi connectivity index (χ1) is 18.0. The highest BCUT2D eigenvalue weighted by atomic mass is 19.1. The molecule has 184 valence electrons. The minimum Gasteiger partial charge on any atom is -0.352 e. The summed E-state index contributed by atoms with van der Waals surface area (Å²) in [5, 5.41) is 9.99. The number of rotatable bonds is 6. The predicted molar refractivity (Wildman–Crippen MR) is 147 cm³/mol. The topological polar surface area (TPSA) is 73.5 Å². The summed E-state index contributed by atoms with van der Waals surface area (Å²) in [6.45, 7) is 2.98. The minimum atomic E-state index is -0.271. The zero-order valence-corrected chi connectivity index (χ0v) is 21.0. The molecular weight excluding hydrogens is 463 g/mol. The van der Waals surface area contributed by atoms with Crippen molar-refractivity contribution in [3.8, 4) is 33.6 Å². The molecule has 2 N–H and O–H groups in total. The highest BCUT2D eigenvalue weighted by Crippen LogP contribution is 2.36. The van der Waals surface area contributed by atoms with Gasteiger partial charge in [-0.05, 0) is 79.2 Å². The van der Waals surface area contributed by atoms with Gasteiger partial charge in [-0.3, -0.25) is 15.1 Å². The molecule has 0 fully saturated rings. The smallest absolute Gasteiger partial charge is 0.123 e. The summed E-state index contributed by atoms with van der Waals surface area (Å²) >= 11 is 0. The third-order valence-corrected chi connectivity index (χ3v) is 6.70. The Morgan fingerprint density at radius 3 is 2.54 bits per heavy atom. The van der Waals surface area contributed by atoms with Crippen molar-refractivity contribution in [2.24, 2.45) is 0 Å². The van der Waals surface area contributed by atoms with Crippen LogP contribution in [0.3, 0.4) is 0 Å². The van der Waals surface area contributed by atoms with Crippen molar-refractivity contribution >= 4 is 21.8 Å². The highest BCUT2D eigenvalue weighted by molar-refractivity contribution is 6.02. The normalized spacial score (nSPS) is 11.7. The molecule has 0 saturated carbocycles. The molecule has 0 radical (unpaired) electrons. The lowest BCUT2D eigenvalue weighted by atomic mass is 9.98. The summed E-state index contributed by atoms with van der Waals surface area (Å²) in [5.74, 6) is -0.271. The third kappa shape index (κ3) is 4.27. The van der Waals surface area contributed by atoms with Gasteiger partial charge in [0.1, 0.15) is 11.5 Å². The van der Waals surface area contributed by atoms with Crippen LogP contribution in [0.5, 0.6) is 0 Å². The van der Waals surface area contributed by atoms with Crippen LogP contribution in [0.2, 0.25) is 0 Å². The van der Waals surface area contributed by atoms with Crippen molar-refractivity contribution in [1.29, 1.82) is 0 Å². The van der Waals surface area contributed by atoms with Gasteiger partial charge in [0.2, 0.25) is 0 Å². The number of benzene rings is 2. The minimum absolute atomic E-state index is 0.271. The number of hydrogen-bond donors (Lipinski definition) is 2. The molecule has 7 heteroatoms. The van der Waals surface area contributed by atoms with Crippen molar-refractivity contribution < 1.29 is 4.39 Å². The maximum absolute atomic E-state index is 13.9. The van der Waals surface area contributed by atoms with E-state index in [9.17, 15) is 4.39 Å². The van der Waals surface area contributed by atoms with Crippen LogP contribution in [0.15, 0.2) is 73.3 Å². The summed E-state index contributed by atoms with van der Waals surface area (Å²) in [6.07, 6.45) is 8.27. The number of fused-ring (bicyclic) bond motifs is 2. The second-order valence-electron chi connectivity index (χ2n) is 9.65. The molecule has 0 saturated heterocycles. The lowest BCUT2D eigenvalue weighted by molar-refractivity contribution is 0.402. The summed E-state index contributed by atoms with van der Waals surface area (Å²) < 4.78 is 13.9. The second kappa shape index (κ2) is 9.26. The molecule has 0 bridgehead atoms. The Balaban J connectivity index is 1.50. The monoisotopic (exact) mass is 490 g/mol. The molecule has 6 rings (SSSR count). The van der Waals surface area contributed by atoms with Crippen LogP contribution < -0.4 is 0 Å². The van der Waals surface area contributed by atoms with Gasteiger partial charge in [-0.2, -0.15) is 5.10 Å². The average molecular weight is 491 g/mol. The van der Waals surface area contributed by atoms with Gasteiger partial charge >= 0.3 is 0 Å². The first kappa shape index (κ1) is 23.1. The number of aromatic nitrogens is 5. The number of H-pyrrole nitrogens is 2. The fourth-order valence-corrected chi connectivity index (χ4v) is 5.01. The van der Waals surface area contributed by atoms with Gasteiger partial charge in [0.05, 0.1) is 22.9 Å². The largest absolute Gasteiger partial charge is 0.352 e. The number of hydrogen-bond acceptors (Lipinski definition) is 4. The van der Waals surface area contributed by atoms with Gasteiger partial charge < -0.3 is 9.88 Å². The van der Waals surface area contributed by atoms with E-state index in [2.05, 4.69) is 70.2 Å². The van der Waals surface area contributed by atoms with Gasteiger partial charge in [-0.25, -0.2) is 4.39 Å². The molecule has 0 spiro atoms. The Morgan fingerprint density at radius 1 is 0.865 bits per heavy atom. The Bertz CT molecular complexity index is 1750. The molecule has 0 aliphatic heterocycles. The van der Waals surface area contributed by atoms with E-state index >= 15 is 0 Å². The first-order valence-electron chi connectivity index (χ1n) is 12.3. The van der Waals surface area contributed by atoms with Gasteiger partial charge in [-0.1, -0.05) is 19.1 Å². The van der Waals surface area contributed by atoms with Crippen molar-refractivity contribution in [3.05, 3.63) is 90.3 Å². The summed E-state index contributed by atoms with van der Waals surface area (Å²) in [4.78, 5) is 14.5. The third-order valence-electron chi connectivity index (χ3n) is 6.70. The van der Waals surface area contributed by atoms with Crippen LogP contribution >= 0.6 is 0 Å². The number of nitrogens with zero attached hydrogens (tertiary/aromatic N) is 4. The molecule has 0 unspecified atom stereocenters. The fourth-order valence-electron chi connectivity index (χ4n) is 5.01. The fraction of sp³-hybridized carbons (Fsp3) is 0.167. The molecule has 37 heavy (non-hydrogen) atoms. The number of nitrogens with one attached hydrogen (secondary N) is 2. The molecule has 0 atom stereocenters. The molecule has 6 nitrogen and oxygen atoms in total. The van der Waals surface area contributed by atoms with Gasteiger partial charge in [0, 0.05) is 47.0 Å². The van der Waals surface area contributed by atoms with Crippen LogP contribution in [0.25, 0.3) is 55.4 Å². The number of aryl methyl sites for hydroxylation is 1. The molecule has 0 aliphatic carbocycles. The van der Waals surface area contributed by atoms with E-state index in [1.165, 1.54) is 23.3 Å². The van der Waals surface area contributed by atoms with Gasteiger partial charge in [0.15, 0.2) is 0 Å². The van der Waals surface area contributed by atoms with Gasteiger partial charge in [-0.15, -0.1) is 0 Å². The molecule has 4 heterocycles. The van der Waals surface area contributed by atoms with Crippen molar-refractivity contribution in [2.75, 3.05) is 14.1 Å². The quantitative estimate of drug-likeness (QED) is 0.276. The van der Waals surface area contributed by atoms with Crippen molar-refractivity contribution in [2.45, 2.75) is 19.9 Å². The lowest BCUT2D eigenvalue weighted by Gasteiger charge is -2.11. The van der Waals surface area contributed by atoms with Crippen LogP contribution in [-0.2, 0) is 13.0 Å². The summed E-state index contributed by atoms with van der Waals surface area (Å²) in [5.41, 5.74) is 9.84. The van der Waals surface area contributed by atoms with E-state index in [0.717, 1.165) is 68.4 Å². The molecule has 0 amide bonds. The lowest BCUT2D eigenvalue weighted by Crippen LogP contribution is -2.10. The number of halogens is 1. The number of pyridine rings is 2. The average Bonchev–Trinajstić information content (AvgIpc) is 3.52. The van der Waals surface area contributed by atoms with Gasteiger partial charge in [0.25, 0.3) is 0 Å². The molecular formula is C30H27FN6. The van der Waals surface area contributed by atoms with E-state index in [-0.39, 0.29) is 5.82 Å². The first-order valence-corrected chi connectivity index (χ1v) is 12.3. The van der Waals surface area contributed by atoms with Crippen LogP contribution in [0, 0.1) is 5.82 Å². The second-order valence-corrected chi connectivity index (χ2v) is 9.65. The molecule has 2 aromatic carbocycles. The summed E-state index contributed by atoms with van der Waals surface area (Å²) in [7, 11) is 4.11. The zero-order valence-electron chi connectivity index (χ0n) is 21.0. The van der Waals surface area contributed by atoms with Crippen LogP contribution in [0.4, 0.5) is 4.39 Å². The van der Waals surface area contributed by atoms with E-state index < -0.39 is 0 Å². The summed E-state index contributed by atoms with van der Waals surface area (Å²) in [6, 6.07) is 15.3. The highest BCUT2D eigenvalue weighted by Gasteiger charge is 2.17. The van der Waals surface area contributed by atoms with E-state index in [0.29, 0.717) is 0 Å².